The monoisotopic (exact) mass is 387 g/mol. The first-order valence-electron chi connectivity index (χ1n) is 9.11. The average Bonchev–Trinajstić information content (AvgIpc) is 3.21. The van der Waals surface area contributed by atoms with Gasteiger partial charge in [0.05, 0.1) is 39.2 Å². The van der Waals surface area contributed by atoms with Gasteiger partial charge in [0, 0.05) is 37.3 Å². The first kappa shape index (κ1) is 19.8. The number of carbonyl (C=O) groups excluding carboxylic acids is 2. The van der Waals surface area contributed by atoms with Crippen molar-refractivity contribution >= 4 is 11.8 Å². The summed E-state index contributed by atoms with van der Waals surface area (Å²) in [4.78, 5) is 26.9. The van der Waals surface area contributed by atoms with E-state index in [2.05, 4.69) is 10.6 Å². The van der Waals surface area contributed by atoms with Gasteiger partial charge in [-0.1, -0.05) is 12.1 Å². The quantitative estimate of drug-likeness (QED) is 0.709. The average molecular weight is 387 g/mol. The molecule has 0 aliphatic carbocycles. The van der Waals surface area contributed by atoms with Crippen LogP contribution in [0, 0.1) is 0 Å². The zero-order valence-corrected chi connectivity index (χ0v) is 16.1. The second-order valence-electron chi connectivity index (χ2n) is 6.54. The van der Waals surface area contributed by atoms with Crippen molar-refractivity contribution in [3.8, 4) is 11.5 Å². The maximum atomic E-state index is 12.5. The van der Waals surface area contributed by atoms with Crippen LogP contribution in [-0.4, -0.2) is 50.1 Å². The Kier molecular flexibility index (Phi) is 6.54. The minimum Gasteiger partial charge on any atom is -0.493 e. The van der Waals surface area contributed by atoms with Gasteiger partial charge in [-0.3, -0.25) is 14.5 Å². The second kappa shape index (κ2) is 9.27. The fraction of sp³-hybridized carbons (Fsp3) is 0.400. The molecule has 1 saturated heterocycles. The Bertz CT molecular complexity index is 806. The third-order valence-corrected chi connectivity index (χ3v) is 4.75. The molecule has 28 heavy (non-hydrogen) atoms. The van der Waals surface area contributed by atoms with Gasteiger partial charge in [-0.25, -0.2) is 0 Å². The summed E-state index contributed by atoms with van der Waals surface area (Å²) in [7, 11) is 3.12. The Hall–Kier alpha value is -3.00. The number of rotatable bonds is 8. The molecule has 1 atom stereocenters. The van der Waals surface area contributed by atoms with E-state index in [1.165, 1.54) is 0 Å². The molecule has 0 bridgehead atoms. The lowest BCUT2D eigenvalue weighted by atomic mass is 10.1. The number of nitrogens with one attached hydrogen (secondary N) is 2. The van der Waals surface area contributed by atoms with Crippen molar-refractivity contribution in [2.45, 2.75) is 25.6 Å². The number of benzene rings is 1. The molecule has 2 aromatic rings. The van der Waals surface area contributed by atoms with Crippen molar-refractivity contribution in [3.63, 3.8) is 0 Å². The highest BCUT2D eigenvalue weighted by Crippen LogP contribution is 2.30. The molecule has 8 nitrogen and oxygen atoms in total. The molecule has 0 radical (unpaired) electrons. The molecule has 1 aliphatic rings. The van der Waals surface area contributed by atoms with Crippen molar-refractivity contribution in [2.75, 3.05) is 27.3 Å². The first-order valence-corrected chi connectivity index (χ1v) is 9.11. The lowest BCUT2D eigenvalue weighted by Crippen LogP contribution is -2.56. The molecule has 2 heterocycles. The summed E-state index contributed by atoms with van der Waals surface area (Å²) in [5.41, 5.74) is 1.78. The number of amides is 2. The molecule has 1 aliphatic heterocycles. The fourth-order valence-corrected chi connectivity index (χ4v) is 3.32. The number of para-hydroxylation sites is 1. The number of piperazine rings is 1. The van der Waals surface area contributed by atoms with E-state index in [9.17, 15) is 9.59 Å². The zero-order chi connectivity index (χ0) is 19.9. The molecule has 1 aromatic carbocycles. The van der Waals surface area contributed by atoms with E-state index in [1.807, 2.05) is 23.1 Å². The summed E-state index contributed by atoms with van der Waals surface area (Å²) in [5, 5.41) is 5.71. The number of carbonyl (C=O) groups is 2. The maximum Gasteiger partial charge on any atom is 0.237 e. The molecule has 2 amide bonds. The van der Waals surface area contributed by atoms with Crippen LogP contribution in [0.2, 0.25) is 0 Å². The van der Waals surface area contributed by atoms with E-state index < -0.39 is 6.04 Å². The van der Waals surface area contributed by atoms with Gasteiger partial charge in [-0.15, -0.1) is 0 Å². The smallest absolute Gasteiger partial charge is 0.237 e. The molecule has 1 aromatic heterocycles. The second-order valence-corrected chi connectivity index (χ2v) is 6.54. The van der Waals surface area contributed by atoms with Gasteiger partial charge in [0.1, 0.15) is 0 Å². The Labute approximate surface area is 163 Å². The normalized spacial score (nSPS) is 17.1. The van der Waals surface area contributed by atoms with E-state index in [4.69, 9.17) is 13.9 Å². The van der Waals surface area contributed by atoms with Crippen molar-refractivity contribution in [3.05, 3.63) is 47.9 Å². The van der Waals surface area contributed by atoms with Gasteiger partial charge < -0.3 is 24.5 Å². The number of ether oxygens (including phenoxy) is 2. The Morgan fingerprint density at radius 1 is 1.32 bits per heavy atom. The Morgan fingerprint density at radius 3 is 2.89 bits per heavy atom. The lowest BCUT2D eigenvalue weighted by molar-refractivity contribution is -0.134. The molecule has 0 saturated carbocycles. The van der Waals surface area contributed by atoms with Gasteiger partial charge >= 0.3 is 0 Å². The molecular formula is C20H25N3O5. The molecule has 1 fully saturated rings. The standard InChI is InChI=1S/C20H25N3O5/c1-26-17-5-3-4-15(19(17)27-2)11-22-18(24)10-16-20(25)21-7-8-23(16)12-14-6-9-28-13-14/h3-6,9,13,16H,7-8,10-12H2,1-2H3,(H,21,25)(H,22,24)/t16-/m0/s1. The van der Waals surface area contributed by atoms with E-state index in [-0.39, 0.29) is 24.8 Å². The van der Waals surface area contributed by atoms with Gasteiger partial charge in [0.25, 0.3) is 0 Å². The molecule has 150 valence electrons. The number of methoxy groups -OCH3 is 2. The van der Waals surface area contributed by atoms with Crippen LogP contribution >= 0.6 is 0 Å². The molecule has 8 heteroatoms. The van der Waals surface area contributed by atoms with Gasteiger partial charge in [-0.05, 0) is 12.1 Å². The molecule has 3 rings (SSSR count). The van der Waals surface area contributed by atoms with Crippen molar-refractivity contribution < 1.29 is 23.5 Å². The number of hydrogen-bond donors (Lipinski definition) is 2. The van der Waals surface area contributed by atoms with Crippen molar-refractivity contribution in [1.82, 2.24) is 15.5 Å². The topological polar surface area (TPSA) is 93.0 Å². The van der Waals surface area contributed by atoms with Crippen LogP contribution in [0.5, 0.6) is 11.5 Å². The molecule has 2 N–H and O–H groups in total. The van der Waals surface area contributed by atoms with Crippen LogP contribution in [0.15, 0.2) is 41.2 Å². The summed E-state index contributed by atoms with van der Waals surface area (Å²) in [6.45, 7) is 2.09. The Balaban J connectivity index is 1.62. The number of furan rings is 1. The third kappa shape index (κ3) is 4.64. The summed E-state index contributed by atoms with van der Waals surface area (Å²) in [6.07, 6.45) is 3.33. The first-order chi connectivity index (χ1) is 13.6. The highest BCUT2D eigenvalue weighted by Gasteiger charge is 2.31. The SMILES string of the molecule is COc1cccc(CNC(=O)C[C@H]2C(=O)NCCN2Cc2ccoc2)c1OC. The largest absolute Gasteiger partial charge is 0.493 e. The fourth-order valence-electron chi connectivity index (χ4n) is 3.32. The van der Waals surface area contributed by atoms with Crippen LogP contribution in [0.1, 0.15) is 17.5 Å². The van der Waals surface area contributed by atoms with E-state index >= 15 is 0 Å². The third-order valence-electron chi connectivity index (χ3n) is 4.75. The maximum absolute atomic E-state index is 12.5. The van der Waals surface area contributed by atoms with Gasteiger partial charge in [0.2, 0.25) is 11.8 Å². The van der Waals surface area contributed by atoms with Crippen LogP contribution in [-0.2, 0) is 22.7 Å². The predicted octanol–water partition coefficient (Wildman–Crippen LogP) is 1.30. The molecular weight excluding hydrogens is 362 g/mol. The van der Waals surface area contributed by atoms with Gasteiger partial charge in [0.15, 0.2) is 11.5 Å². The van der Waals surface area contributed by atoms with Crippen LogP contribution in [0.4, 0.5) is 0 Å². The van der Waals surface area contributed by atoms with Crippen molar-refractivity contribution in [2.24, 2.45) is 0 Å². The molecule has 0 unspecified atom stereocenters. The van der Waals surface area contributed by atoms with E-state index in [1.54, 1.807) is 32.8 Å². The van der Waals surface area contributed by atoms with Crippen LogP contribution in [0.3, 0.4) is 0 Å². The highest BCUT2D eigenvalue weighted by molar-refractivity contribution is 5.88. The highest BCUT2D eigenvalue weighted by atomic mass is 16.5. The molecule has 0 spiro atoms. The van der Waals surface area contributed by atoms with Gasteiger partial charge in [-0.2, -0.15) is 0 Å². The number of nitrogens with zero attached hydrogens (tertiary/aromatic N) is 1. The zero-order valence-electron chi connectivity index (χ0n) is 16.1. The minimum atomic E-state index is -0.518. The van der Waals surface area contributed by atoms with E-state index in [0.29, 0.717) is 31.1 Å². The summed E-state index contributed by atoms with van der Waals surface area (Å²) >= 11 is 0. The summed E-state index contributed by atoms with van der Waals surface area (Å²) < 4.78 is 15.8. The Morgan fingerprint density at radius 2 is 2.18 bits per heavy atom. The van der Waals surface area contributed by atoms with E-state index in [0.717, 1.165) is 11.1 Å². The predicted molar refractivity (Wildman–Crippen MR) is 102 cm³/mol. The number of hydrogen-bond acceptors (Lipinski definition) is 6. The van der Waals surface area contributed by atoms with Crippen LogP contribution < -0.4 is 20.1 Å². The summed E-state index contributed by atoms with van der Waals surface area (Å²) in [5.74, 6) is 0.850. The van der Waals surface area contributed by atoms with Crippen LogP contribution in [0.25, 0.3) is 0 Å². The summed E-state index contributed by atoms with van der Waals surface area (Å²) in [6, 6.07) is 6.84. The lowest BCUT2D eigenvalue weighted by Gasteiger charge is -2.34. The minimum absolute atomic E-state index is 0.0793. The van der Waals surface area contributed by atoms with Crippen molar-refractivity contribution in [1.29, 1.82) is 0 Å².